The highest BCUT2D eigenvalue weighted by atomic mass is 15.2. The van der Waals surface area contributed by atoms with Crippen LogP contribution in [0.1, 0.15) is 26.7 Å². The molecule has 1 unspecified atom stereocenters. The van der Waals surface area contributed by atoms with Crippen molar-refractivity contribution in [2.75, 3.05) is 40.3 Å². The Morgan fingerprint density at radius 2 is 2.00 bits per heavy atom. The SMILES string of the molecule is CN(C)CC1CN(C2CC2)CC(C)(C)CN1. The Balaban J connectivity index is 1.96. The van der Waals surface area contributed by atoms with Gasteiger partial charge < -0.3 is 10.2 Å². The normalized spacial score (nSPS) is 31.7. The van der Waals surface area contributed by atoms with Gasteiger partial charge in [-0.25, -0.2) is 0 Å². The van der Waals surface area contributed by atoms with Gasteiger partial charge in [0, 0.05) is 38.3 Å². The lowest BCUT2D eigenvalue weighted by Gasteiger charge is -2.29. The van der Waals surface area contributed by atoms with Crippen LogP contribution < -0.4 is 5.32 Å². The monoisotopic (exact) mass is 225 g/mol. The molecule has 2 fully saturated rings. The molecule has 0 amide bonds. The van der Waals surface area contributed by atoms with Crippen LogP contribution in [0.5, 0.6) is 0 Å². The van der Waals surface area contributed by atoms with Crippen LogP contribution in [0, 0.1) is 5.41 Å². The molecule has 0 spiro atoms. The van der Waals surface area contributed by atoms with Crippen molar-refractivity contribution in [3.05, 3.63) is 0 Å². The smallest absolute Gasteiger partial charge is 0.0322 e. The van der Waals surface area contributed by atoms with Crippen molar-refractivity contribution < 1.29 is 0 Å². The number of rotatable bonds is 3. The summed E-state index contributed by atoms with van der Waals surface area (Å²) in [6.45, 7) is 9.55. The molecule has 1 saturated carbocycles. The van der Waals surface area contributed by atoms with Gasteiger partial charge in [0.25, 0.3) is 0 Å². The van der Waals surface area contributed by atoms with Gasteiger partial charge in [-0.05, 0) is 32.4 Å². The van der Waals surface area contributed by atoms with Gasteiger partial charge in [-0.3, -0.25) is 4.90 Å². The predicted octanol–water partition coefficient (Wildman–Crippen LogP) is 1.01. The number of likely N-dealkylation sites (N-methyl/N-ethyl adjacent to an activating group) is 1. The van der Waals surface area contributed by atoms with Crippen molar-refractivity contribution >= 4 is 0 Å². The summed E-state index contributed by atoms with van der Waals surface area (Å²) in [5.41, 5.74) is 0.420. The fourth-order valence-electron chi connectivity index (χ4n) is 2.72. The quantitative estimate of drug-likeness (QED) is 0.773. The molecule has 0 radical (unpaired) electrons. The van der Waals surface area contributed by atoms with Crippen LogP contribution in [0.4, 0.5) is 0 Å². The fraction of sp³-hybridized carbons (Fsp3) is 1.00. The molecule has 16 heavy (non-hydrogen) atoms. The molecule has 1 aliphatic heterocycles. The van der Waals surface area contributed by atoms with Crippen molar-refractivity contribution in [2.45, 2.75) is 38.8 Å². The van der Waals surface area contributed by atoms with Crippen LogP contribution in [0.25, 0.3) is 0 Å². The maximum atomic E-state index is 3.73. The van der Waals surface area contributed by atoms with Crippen LogP contribution >= 0.6 is 0 Å². The Kier molecular flexibility index (Phi) is 3.57. The lowest BCUT2D eigenvalue weighted by Crippen LogP contribution is -2.44. The summed E-state index contributed by atoms with van der Waals surface area (Å²) in [7, 11) is 4.33. The first-order valence-corrected chi connectivity index (χ1v) is 6.58. The zero-order chi connectivity index (χ0) is 11.8. The van der Waals surface area contributed by atoms with E-state index >= 15 is 0 Å². The van der Waals surface area contributed by atoms with Gasteiger partial charge >= 0.3 is 0 Å². The van der Waals surface area contributed by atoms with E-state index in [0.29, 0.717) is 11.5 Å². The number of hydrogen-bond donors (Lipinski definition) is 1. The Labute approximate surface area is 100 Å². The standard InChI is InChI=1S/C13H27N3/c1-13(2)9-14-11(7-15(3)4)8-16(10-13)12-5-6-12/h11-12,14H,5-10H2,1-4H3. The van der Waals surface area contributed by atoms with Gasteiger partial charge in [0.1, 0.15) is 0 Å². The molecule has 0 bridgehead atoms. The van der Waals surface area contributed by atoms with Gasteiger partial charge in [0.2, 0.25) is 0 Å². The number of hydrogen-bond acceptors (Lipinski definition) is 3. The first-order chi connectivity index (χ1) is 7.46. The average Bonchev–Trinajstić information content (AvgIpc) is 2.93. The lowest BCUT2D eigenvalue weighted by atomic mass is 9.93. The van der Waals surface area contributed by atoms with Crippen LogP contribution in [-0.4, -0.2) is 62.2 Å². The molecule has 1 aliphatic carbocycles. The van der Waals surface area contributed by atoms with Crippen molar-refractivity contribution in [2.24, 2.45) is 5.41 Å². The van der Waals surface area contributed by atoms with Gasteiger partial charge in [0.05, 0.1) is 0 Å². The summed E-state index contributed by atoms with van der Waals surface area (Å²) in [5, 5.41) is 3.73. The zero-order valence-corrected chi connectivity index (χ0v) is 11.3. The van der Waals surface area contributed by atoms with Crippen LogP contribution in [0.2, 0.25) is 0 Å². The molecule has 94 valence electrons. The second kappa shape index (κ2) is 4.63. The Morgan fingerprint density at radius 3 is 2.56 bits per heavy atom. The number of nitrogens with zero attached hydrogens (tertiary/aromatic N) is 2. The average molecular weight is 225 g/mol. The third kappa shape index (κ3) is 3.44. The first kappa shape index (κ1) is 12.3. The van der Waals surface area contributed by atoms with E-state index in [9.17, 15) is 0 Å². The Morgan fingerprint density at radius 1 is 1.31 bits per heavy atom. The van der Waals surface area contributed by atoms with Crippen LogP contribution in [0.3, 0.4) is 0 Å². The van der Waals surface area contributed by atoms with E-state index < -0.39 is 0 Å². The van der Waals surface area contributed by atoms with Crippen molar-refractivity contribution in [3.63, 3.8) is 0 Å². The molecule has 0 aromatic rings. The zero-order valence-electron chi connectivity index (χ0n) is 11.3. The second-order valence-electron chi connectivity index (χ2n) is 6.66. The minimum absolute atomic E-state index is 0.420. The van der Waals surface area contributed by atoms with Crippen molar-refractivity contribution in [1.29, 1.82) is 0 Å². The maximum Gasteiger partial charge on any atom is 0.0322 e. The molecule has 0 aromatic heterocycles. The van der Waals surface area contributed by atoms with Gasteiger partial charge in [-0.2, -0.15) is 0 Å². The highest BCUT2D eigenvalue weighted by molar-refractivity contribution is 4.93. The summed E-state index contributed by atoms with van der Waals surface area (Å²) in [5.74, 6) is 0. The lowest BCUT2D eigenvalue weighted by molar-refractivity contribution is 0.188. The van der Waals surface area contributed by atoms with E-state index in [1.165, 1.54) is 25.9 Å². The third-order valence-corrected chi connectivity index (χ3v) is 3.60. The predicted molar refractivity (Wildman–Crippen MR) is 68.7 cm³/mol. The topological polar surface area (TPSA) is 18.5 Å². The highest BCUT2D eigenvalue weighted by Gasteiger charge is 2.36. The highest BCUT2D eigenvalue weighted by Crippen LogP contribution is 2.31. The molecule has 1 heterocycles. The summed E-state index contributed by atoms with van der Waals surface area (Å²) >= 11 is 0. The molecule has 1 N–H and O–H groups in total. The summed E-state index contributed by atoms with van der Waals surface area (Å²) < 4.78 is 0. The third-order valence-electron chi connectivity index (χ3n) is 3.60. The molecular weight excluding hydrogens is 198 g/mol. The van der Waals surface area contributed by atoms with Gasteiger partial charge in [-0.1, -0.05) is 13.8 Å². The van der Waals surface area contributed by atoms with Crippen molar-refractivity contribution in [1.82, 2.24) is 15.1 Å². The largest absolute Gasteiger partial charge is 0.311 e. The minimum Gasteiger partial charge on any atom is -0.311 e. The van der Waals surface area contributed by atoms with E-state index in [1.54, 1.807) is 0 Å². The summed E-state index contributed by atoms with van der Waals surface area (Å²) in [6, 6.07) is 1.53. The second-order valence-corrected chi connectivity index (χ2v) is 6.66. The van der Waals surface area contributed by atoms with E-state index in [1.807, 2.05) is 0 Å². The summed E-state index contributed by atoms with van der Waals surface area (Å²) in [6.07, 6.45) is 2.84. The molecule has 0 aromatic carbocycles. The van der Waals surface area contributed by atoms with Crippen molar-refractivity contribution in [3.8, 4) is 0 Å². The van der Waals surface area contributed by atoms with E-state index in [2.05, 4.69) is 43.1 Å². The fourth-order valence-corrected chi connectivity index (χ4v) is 2.72. The maximum absolute atomic E-state index is 3.73. The van der Waals surface area contributed by atoms with E-state index in [-0.39, 0.29) is 0 Å². The van der Waals surface area contributed by atoms with E-state index in [0.717, 1.165) is 19.1 Å². The molecule has 1 saturated heterocycles. The minimum atomic E-state index is 0.420. The number of nitrogens with one attached hydrogen (secondary N) is 1. The van der Waals surface area contributed by atoms with Crippen LogP contribution in [0.15, 0.2) is 0 Å². The molecule has 3 nitrogen and oxygen atoms in total. The molecular formula is C13H27N3. The van der Waals surface area contributed by atoms with E-state index in [4.69, 9.17) is 0 Å². The molecule has 2 rings (SSSR count). The van der Waals surface area contributed by atoms with Crippen LogP contribution in [-0.2, 0) is 0 Å². The first-order valence-electron chi connectivity index (χ1n) is 6.58. The summed E-state index contributed by atoms with van der Waals surface area (Å²) in [4.78, 5) is 5.01. The Hall–Kier alpha value is -0.120. The molecule has 3 heteroatoms. The Bertz CT molecular complexity index is 233. The molecule has 1 atom stereocenters. The van der Waals surface area contributed by atoms with Gasteiger partial charge in [-0.15, -0.1) is 0 Å². The van der Waals surface area contributed by atoms with Gasteiger partial charge in [0.15, 0.2) is 0 Å². The molecule has 2 aliphatic rings.